The van der Waals surface area contributed by atoms with Crippen LogP contribution in [0.3, 0.4) is 0 Å². The van der Waals surface area contributed by atoms with Gasteiger partial charge in [0, 0.05) is 5.56 Å². The lowest BCUT2D eigenvalue weighted by Gasteiger charge is -2.17. The topological polar surface area (TPSA) is 66.4 Å². The van der Waals surface area contributed by atoms with E-state index in [2.05, 4.69) is 0 Å². The van der Waals surface area contributed by atoms with Crippen LogP contribution < -0.4 is 5.32 Å². The van der Waals surface area contributed by atoms with Gasteiger partial charge in [0.25, 0.3) is 5.91 Å². The third-order valence-corrected chi connectivity index (χ3v) is 4.30. The number of halogens is 6. The largest absolute Gasteiger partial charge is 0.480 e. The van der Waals surface area contributed by atoms with Crippen molar-refractivity contribution in [2.24, 2.45) is 0 Å². The van der Waals surface area contributed by atoms with E-state index in [0.29, 0.717) is 12.8 Å². The summed E-state index contributed by atoms with van der Waals surface area (Å²) in [5.41, 5.74) is -4.18. The number of unbranched alkanes of at least 4 members (excludes halogenated alkanes) is 5. The third kappa shape index (κ3) is 8.33. The van der Waals surface area contributed by atoms with Crippen LogP contribution in [0.5, 0.6) is 0 Å². The number of alkyl halides is 6. The Hall–Kier alpha value is -2.26. The zero-order valence-electron chi connectivity index (χ0n) is 15.8. The number of carboxylic acid groups (broad SMARTS) is 1. The Morgan fingerprint density at radius 1 is 0.897 bits per heavy atom. The summed E-state index contributed by atoms with van der Waals surface area (Å²) in [6, 6.07) is -0.956. The lowest BCUT2D eigenvalue weighted by Crippen LogP contribution is -2.40. The first-order valence-electron chi connectivity index (χ1n) is 9.19. The molecule has 0 aromatic heterocycles. The van der Waals surface area contributed by atoms with Gasteiger partial charge in [0.05, 0.1) is 11.1 Å². The van der Waals surface area contributed by atoms with Crippen molar-refractivity contribution in [3.05, 3.63) is 34.9 Å². The van der Waals surface area contributed by atoms with Gasteiger partial charge in [0.15, 0.2) is 0 Å². The minimum atomic E-state index is -5.10. The third-order valence-electron chi connectivity index (χ3n) is 4.30. The van der Waals surface area contributed by atoms with Crippen LogP contribution in [0.2, 0.25) is 0 Å². The van der Waals surface area contributed by atoms with E-state index in [-0.39, 0.29) is 24.6 Å². The summed E-state index contributed by atoms with van der Waals surface area (Å²) in [5.74, 6) is -2.71. The normalized spacial score (nSPS) is 13.2. The second kappa shape index (κ2) is 10.5. The Bertz CT molecular complexity index is 668. The van der Waals surface area contributed by atoms with Gasteiger partial charge in [-0.1, -0.05) is 45.4 Å². The Morgan fingerprint density at radius 2 is 1.38 bits per heavy atom. The number of nitrogens with one attached hydrogen (secondary N) is 1. The van der Waals surface area contributed by atoms with E-state index in [4.69, 9.17) is 0 Å². The molecule has 0 bridgehead atoms. The summed E-state index contributed by atoms with van der Waals surface area (Å²) in [5, 5.41) is 11.2. The van der Waals surface area contributed by atoms with Gasteiger partial charge in [-0.2, -0.15) is 26.3 Å². The van der Waals surface area contributed by atoms with Gasteiger partial charge < -0.3 is 10.4 Å². The van der Waals surface area contributed by atoms with E-state index < -0.39 is 47.0 Å². The highest BCUT2D eigenvalue weighted by molar-refractivity contribution is 5.97. The van der Waals surface area contributed by atoms with Crippen LogP contribution >= 0.6 is 0 Å². The quantitative estimate of drug-likeness (QED) is 0.374. The molecule has 0 heterocycles. The van der Waals surface area contributed by atoms with E-state index >= 15 is 0 Å². The number of benzene rings is 1. The van der Waals surface area contributed by atoms with Crippen molar-refractivity contribution in [3.63, 3.8) is 0 Å². The molecule has 2 N–H and O–H groups in total. The molecular formula is C19H23F6NO3. The highest BCUT2D eigenvalue weighted by atomic mass is 19.4. The van der Waals surface area contributed by atoms with Crippen molar-refractivity contribution in [3.8, 4) is 0 Å². The molecule has 10 heteroatoms. The maximum Gasteiger partial charge on any atom is 0.416 e. The number of carboxylic acids is 1. The Labute approximate surface area is 164 Å². The van der Waals surface area contributed by atoms with Crippen molar-refractivity contribution >= 4 is 11.9 Å². The minimum absolute atomic E-state index is 0.0261. The first-order valence-corrected chi connectivity index (χ1v) is 9.19. The van der Waals surface area contributed by atoms with Crippen LogP contribution in [-0.4, -0.2) is 23.0 Å². The first kappa shape index (κ1) is 24.8. The molecule has 0 spiro atoms. The molecule has 164 valence electrons. The highest BCUT2D eigenvalue weighted by Gasteiger charge is 2.37. The number of carbonyl (C=O) groups excluding carboxylic acids is 1. The number of hydrogen-bond donors (Lipinski definition) is 2. The molecule has 0 saturated carbocycles. The summed E-state index contributed by atoms with van der Waals surface area (Å²) in [4.78, 5) is 23.5. The smallest absolute Gasteiger partial charge is 0.416 e. The fourth-order valence-corrected chi connectivity index (χ4v) is 2.71. The summed E-state index contributed by atoms with van der Waals surface area (Å²) in [7, 11) is 0. The lowest BCUT2D eigenvalue weighted by molar-refractivity contribution is -0.143. The Balaban J connectivity index is 2.93. The molecule has 0 radical (unpaired) electrons. The SMILES string of the molecule is CCCCCCCC[C@@H](NC(=O)c1cc(C(F)(F)F)cc(C(F)(F)F)c1)C(=O)O. The summed E-state index contributed by atoms with van der Waals surface area (Å²) in [6.45, 7) is 2.04. The zero-order chi connectivity index (χ0) is 22.2. The molecule has 29 heavy (non-hydrogen) atoms. The molecule has 1 aromatic carbocycles. The Morgan fingerprint density at radius 3 is 1.83 bits per heavy atom. The van der Waals surface area contributed by atoms with E-state index in [0.717, 1.165) is 25.7 Å². The molecule has 4 nitrogen and oxygen atoms in total. The number of hydrogen-bond acceptors (Lipinski definition) is 2. The number of carbonyl (C=O) groups is 2. The van der Waals surface area contributed by atoms with Gasteiger partial charge in [-0.15, -0.1) is 0 Å². The fraction of sp³-hybridized carbons (Fsp3) is 0.579. The minimum Gasteiger partial charge on any atom is -0.480 e. The predicted molar refractivity (Wildman–Crippen MR) is 93.3 cm³/mol. The summed E-state index contributed by atoms with van der Waals surface area (Å²) >= 11 is 0. The van der Waals surface area contributed by atoms with Crippen molar-refractivity contribution < 1.29 is 41.0 Å². The van der Waals surface area contributed by atoms with Crippen LogP contribution in [0.15, 0.2) is 18.2 Å². The molecule has 1 atom stereocenters. The Kier molecular flexibility index (Phi) is 8.97. The van der Waals surface area contributed by atoms with Crippen molar-refractivity contribution in [1.29, 1.82) is 0 Å². The number of amides is 1. The van der Waals surface area contributed by atoms with Gasteiger partial charge >= 0.3 is 18.3 Å². The van der Waals surface area contributed by atoms with Crippen LogP contribution in [0, 0.1) is 0 Å². The van der Waals surface area contributed by atoms with E-state index in [9.17, 15) is 41.0 Å². The van der Waals surface area contributed by atoms with E-state index in [1.807, 2.05) is 12.2 Å². The van der Waals surface area contributed by atoms with Crippen molar-refractivity contribution in [2.75, 3.05) is 0 Å². The second-order valence-electron chi connectivity index (χ2n) is 6.72. The van der Waals surface area contributed by atoms with E-state index in [1.165, 1.54) is 0 Å². The monoisotopic (exact) mass is 427 g/mol. The first-order chi connectivity index (χ1) is 13.4. The highest BCUT2D eigenvalue weighted by Crippen LogP contribution is 2.36. The lowest BCUT2D eigenvalue weighted by atomic mass is 10.0. The fourth-order valence-electron chi connectivity index (χ4n) is 2.71. The zero-order valence-corrected chi connectivity index (χ0v) is 15.8. The average molecular weight is 427 g/mol. The van der Waals surface area contributed by atoms with Crippen LogP contribution in [-0.2, 0) is 17.1 Å². The summed E-state index contributed by atoms with van der Waals surface area (Å²) in [6.07, 6.45) is -5.08. The molecule has 0 aliphatic rings. The molecule has 0 aliphatic heterocycles. The van der Waals surface area contributed by atoms with Gasteiger partial charge in [-0.3, -0.25) is 4.79 Å². The van der Waals surface area contributed by atoms with Crippen LogP contribution in [0.4, 0.5) is 26.3 Å². The summed E-state index contributed by atoms with van der Waals surface area (Å²) < 4.78 is 77.3. The molecular weight excluding hydrogens is 404 g/mol. The number of rotatable bonds is 10. The molecule has 1 aromatic rings. The predicted octanol–water partition coefficient (Wildman–Crippen LogP) is 5.66. The number of aliphatic carboxylic acids is 1. The van der Waals surface area contributed by atoms with Crippen LogP contribution in [0.1, 0.15) is 73.4 Å². The molecule has 1 amide bonds. The maximum absolute atomic E-state index is 12.9. The van der Waals surface area contributed by atoms with Gasteiger partial charge in [-0.05, 0) is 24.6 Å². The molecule has 0 fully saturated rings. The van der Waals surface area contributed by atoms with Crippen LogP contribution in [0.25, 0.3) is 0 Å². The van der Waals surface area contributed by atoms with Gasteiger partial charge in [0.2, 0.25) is 0 Å². The second-order valence-corrected chi connectivity index (χ2v) is 6.72. The maximum atomic E-state index is 12.9. The molecule has 1 rings (SSSR count). The molecule has 0 saturated heterocycles. The standard InChI is InChI=1S/C19H23F6NO3/c1-2-3-4-5-6-7-8-15(17(28)29)26-16(27)12-9-13(18(20,21)22)11-14(10-12)19(23,24)25/h9-11,15H,2-8H2,1H3,(H,26,27)(H,28,29)/t15-/m1/s1. The van der Waals surface area contributed by atoms with Crippen molar-refractivity contribution in [2.45, 2.75) is 70.3 Å². The van der Waals surface area contributed by atoms with Gasteiger partial charge in [-0.25, -0.2) is 4.79 Å². The van der Waals surface area contributed by atoms with Crippen molar-refractivity contribution in [1.82, 2.24) is 5.32 Å². The van der Waals surface area contributed by atoms with E-state index in [1.54, 1.807) is 0 Å². The molecule has 0 aliphatic carbocycles. The average Bonchev–Trinajstić information content (AvgIpc) is 2.61. The molecule has 0 unspecified atom stereocenters. The van der Waals surface area contributed by atoms with Gasteiger partial charge in [0.1, 0.15) is 6.04 Å².